The van der Waals surface area contributed by atoms with Crippen molar-refractivity contribution >= 4 is 11.6 Å². The van der Waals surface area contributed by atoms with E-state index in [1.54, 1.807) is 0 Å². The van der Waals surface area contributed by atoms with Crippen molar-refractivity contribution < 1.29 is 40.2 Å². The summed E-state index contributed by atoms with van der Waals surface area (Å²) in [4.78, 5) is 22.9. The summed E-state index contributed by atoms with van der Waals surface area (Å²) in [6.07, 6.45) is 2.44. The SMILES string of the molecule is CC(C)(C)C(=O)C=C([O-])C(C)(C)C.CC(C)(C)C(=O)C=C([O-])C(C)(C)C.[Pd+2]. The molecule has 0 aromatic heterocycles. The first kappa shape index (κ1) is 30.8. The first-order valence-corrected chi connectivity index (χ1v) is 8.97. The quantitative estimate of drug-likeness (QED) is 0.348. The average Bonchev–Trinajstić information content (AvgIpc) is 2.34. The second-order valence-corrected chi connectivity index (χ2v) is 10.7. The zero-order chi connectivity index (χ0) is 21.7. The fraction of sp³-hybridized carbons (Fsp3) is 0.727. The van der Waals surface area contributed by atoms with E-state index < -0.39 is 21.7 Å². The maximum Gasteiger partial charge on any atom is 2.00 e. The van der Waals surface area contributed by atoms with Crippen LogP contribution in [0.1, 0.15) is 83.1 Å². The Labute approximate surface area is 180 Å². The van der Waals surface area contributed by atoms with Crippen molar-refractivity contribution in [1.82, 2.24) is 0 Å². The second kappa shape index (κ2) is 10.6. The molecule has 0 radical (unpaired) electrons. The Morgan fingerprint density at radius 3 is 0.815 bits per heavy atom. The van der Waals surface area contributed by atoms with Gasteiger partial charge in [-0.15, -0.1) is 11.5 Å². The van der Waals surface area contributed by atoms with Gasteiger partial charge in [0.25, 0.3) is 0 Å². The van der Waals surface area contributed by atoms with Crippen LogP contribution < -0.4 is 10.2 Å². The van der Waals surface area contributed by atoms with Crippen LogP contribution in [-0.4, -0.2) is 11.6 Å². The van der Waals surface area contributed by atoms with Crippen molar-refractivity contribution in [3.05, 3.63) is 23.7 Å². The van der Waals surface area contributed by atoms with Crippen LogP contribution in [0.3, 0.4) is 0 Å². The molecular weight excluding hydrogens is 435 g/mol. The van der Waals surface area contributed by atoms with Crippen LogP contribution in [0.5, 0.6) is 0 Å². The summed E-state index contributed by atoms with van der Waals surface area (Å²) in [5.41, 5.74) is -1.83. The number of hydrogen-bond acceptors (Lipinski definition) is 4. The molecule has 4 nitrogen and oxygen atoms in total. The second-order valence-electron chi connectivity index (χ2n) is 10.7. The van der Waals surface area contributed by atoms with Crippen LogP contribution in [-0.2, 0) is 30.0 Å². The minimum absolute atomic E-state index is 0. The van der Waals surface area contributed by atoms with Crippen molar-refractivity contribution in [1.29, 1.82) is 0 Å². The summed E-state index contributed by atoms with van der Waals surface area (Å²) in [6.45, 7) is 21.7. The summed E-state index contributed by atoms with van der Waals surface area (Å²) in [6, 6.07) is 0. The Balaban J connectivity index is -0.000000411. The number of carbonyl (C=O) groups is 2. The Morgan fingerprint density at radius 2 is 0.704 bits per heavy atom. The zero-order valence-electron chi connectivity index (χ0n) is 19.1. The molecule has 0 aliphatic heterocycles. The third kappa shape index (κ3) is 13.8. The first-order valence-electron chi connectivity index (χ1n) is 8.97. The van der Waals surface area contributed by atoms with Gasteiger partial charge in [-0.25, -0.2) is 0 Å². The van der Waals surface area contributed by atoms with Gasteiger partial charge >= 0.3 is 20.4 Å². The van der Waals surface area contributed by atoms with E-state index in [4.69, 9.17) is 0 Å². The molecule has 0 heterocycles. The van der Waals surface area contributed by atoms with Crippen LogP contribution >= 0.6 is 0 Å². The van der Waals surface area contributed by atoms with E-state index >= 15 is 0 Å². The normalized spacial score (nSPS) is 13.9. The summed E-state index contributed by atoms with van der Waals surface area (Å²) in [5, 5.41) is 22.9. The molecule has 0 unspecified atom stereocenters. The number of rotatable bonds is 2. The molecule has 0 rings (SSSR count). The van der Waals surface area contributed by atoms with E-state index in [0.29, 0.717) is 0 Å². The number of allylic oxidation sites excluding steroid dienone is 4. The molecule has 0 fully saturated rings. The molecule has 0 aromatic carbocycles. The minimum atomic E-state index is -0.457. The summed E-state index contributed by atoms with van der Waals surface area (Å²) < 4.78 is 0. The summed E-state index contributed by atoms with van der Waals surface area (Å²) >= 11 is 0. The van der Waals surface area contributed by atoms with Gasteiger partial charge in [0.05, 0.1) is 0 Å². The van der Waals surface area contributed by atoms with Gasteiger partial charge in [-0.3, -0.25) is 9.59 Å². The largest absolute Gasteiger partial charge is 2.00 e. The van der Waals surface area contributed by atoms with E-state index in [0.717, 1.165) is 0 Å². The number of hydrogen-bond donors (Lipinski definition) is 0. The van der Waals surface area contributed by atoms with Gasteiger partial charge in [-0.2, -0.15) is 0 Å². The van der Waals surface area contributed by atoms with Crippen molar-refractivity contribution in [2.75, 3.05) is 0 Å². The van der Waals surface area contributed by atoms with Gasteiger partial charge in [-0.1, -0.05) is 83.1 Å². The van der Waals surface area contributed by atoms with Crippen LogP contribution in [0.4, 0.5) is 0 Å². The van der Waals surface area contributed by atoms with Crippen molar-refractivity contribution in [3.63, 3.8) is 0 Å². The summed E-state index contributed by atoms with van der Waals surface area (Å²) in [5.74, 6) is -0.417. The van der Waals surface area contributed by atoms with Gasteiger partial charge in [0, 0.05) is 10.8 Å². The third-order valence-corrected chi connectivity index (χ3v) is 3.48. The Morgan fingerprint density at radius 1 is 0.519 bits per heavy atom. The minimum Gasteiger partial charge on any atom is -0.875 e. The topological polar surface area (TPSA) is 80.3 Å². The molecule has 0 saturated carbocycles. The molecule has 5 heteroatoms. The molecule has 0 amide bonds. The zero-order valence-corrected chi connectivity index (χ0v) is 20.7. The van der Waals surface area contributed by atoms with Crippen LogP contribution in [0.2, 0.25) is 0 Å². The maximum atomic E-state index is 11.4. The molecule has 0 saturated heterocycles. The fourth-order valence-corrected chi connectivity index (χ4v) is 1.10. The van der Waals surface area contributed by atoms with Gasteiger partial charge in [0.2, 0.25) is 0 Å². The van der Waals surface area contributed by atoms with Gasteiger partial charge in [0.1, 0.15) is 0 Å². The molecule has 0 atom stereocenters. The van der Waals surface area contributed by atoms with E-state index in [1.807, 2.05) is 83.1 Å². The molecule has 27 heavy (non-hydrogen) atoms. The third-order valence-electron chi connectivity index (χ3n) is 3.48. The monoisotopic (exact) mass is 472 g/mol. The van der Waals surface area contributed by atoms with Crippen LogP contribution in [0.15, 0.2) is 23.7 Å². The van der Waals surface area contributed by atoms with E-state index in [1.165, 1.54) is 12.2 Å². The van der Waals surface area contributed by atoms with Crippen molar-refractivity contribution in [3.8, 4) is 0 Å². The average molecular weight is 473 g/mol. The number of carbonyl (C=O) groups excluding carboxylic acids is 2. The van der Waals surface area contributed by atoms with Gasteiger partial charge in [-0.05, 0) is 23.0 Å². The fourth-order valence-electron chi connectivity index (χ4n) is 1.10. The molecule has 0 bridgehead atoms. The van der Waals surface area contributed by atoms with Crippen LogP contribution in [0, 0.1) is 21.7 Å². The molecule has 0 aromatic rings. The van der Waals surface area contributed by atoms with Gasteiger partial charge < -0.3 is 10.2 Å². The molecular formula is C22H38O4Pd. The Bertz CT molecular complexity index is 505. The predicted octanol–water partition coefficient (Wildman–Crippen LogP) is 3.78. The Kier molecular flexibility index (Phi) is 12.1. The summed E-state index contributed by atoms with van der Waals surface area (Å²) in [7, 11) is 0. The number of ketones is 2. The molecule has 160 valence electrons. The maximum absolute atomic E-state index is 11.4. The van der Waals surface area contributed by atoms with Crippen molar-refractivity contribution in [2.45, 2.75) is 83.1 Å². The smallest absolute Gasteiger partial charge is 0.875 e. The molecule has 0 spiro atoms. The van der Waals surface area contributed by atoms with Crippen LogP contribution in [0.25, 0.3) is 0 Å². The van der Waals surface area contributed by atoms with Crippen molar-refractivity contribution in [2.24, 2.45) is 21.7 Å². The molecule has 0 aliphatic rings. The molecule has 0 aliphatic carbocycles. The van der Waals surface area contributed by atoms with E-state index in [-0.39, 0.29) is 43.5 Å². The standard InChI is InChI=1S/2C11H20O2.Pd/c2*1-10(2,3)8(12)7-9(13)11(4,5)6;/h2*7,12H,1-6H3;/q;;+2/p-2. The van der Waals surface area contributed by atoms with E-state index in [2.05, 4.69) is 0 Å². The van der Waals surface area contributed by atoms with E-state index in [9.17, 15) is 19.8 Å². The predicted molar refractivity (Wildman–Crippen MR) is 104 cm³/mol. The molecule has 0 N–H and O–H groups in total. The Hall–Kier alpha value is -0.918. The van der Waals surface area contributed by atoms with Gasteiger partial charge in [0.15, 0.2) is 11.6 Å². The first-order chi connectivity index (χ1) is 11.1.